The summed E-state index contributed by atoms with van der Waals surface area (Å²) in [6.45, 7) is 0. The molecule has 0 saturated heterocycles. The van der Waals surface area contributed by atoms with Crippen molar-refractivity contribution in [1.82, 2.24) is 9.97 Å². The molecule has 0 fully saturated rings. The first-order valence-corrected chi connectivity index (χ1v) is 11.9. The van der Waals surface area contributed by atoms with Crippen molar-refractivity contribution in [2.75, 3.05) is 5.32 Å². The Morgan fingerprint density at radius 2 is 1.91 bits per heavy atom. The highest BCUT2D eigenvalue weighted by molar-refractivity contribution is 7.18. The van der Waals surface area contributed by atoms with Gasteiger partial charge in [-0.3, -0.25) is 14.4 Å². The minimum atomic E-state index is -4.63. The smallest absolute Gasteiger partial charge is 0.416 e. The van der Waals surface area contributed by atoms with Crippen LogP contribution in [0.15, 0.2) is 53.4 Å². The number of carbonyl (C=O) groups is 3. The molecule has 2 aromatic carbocycles. The Kier molecular flexibility index (Phi) is 6.94. The second-order valence-corrected chi connectivity index (χ2v) is 9.36. The van der Waals surface area contributed by atoms with Crippen LogP contribution < -0.4 is 5.32 Å². The number of aromatic nitrogens is 2. The van der Waals surface area contributed by atoms with Gasteiger partial charge in [0.25, 0.3) is 0 Å². The molecular formula is C23H16F3N3O4S2. The molecule has 0 aliphatic rings. The first-order chi connectivity index (χ1) is 16.6. The number of hydrogen-bond donors (Lipinski definition) is 2. The number of Topliss-reactive ketones (excluding diaryl/α,β-unsaturated/α-hetero) is 1. The molecule has 0 aliphatic carbocycles. The molecule has 12 heteroatoms. The number of benzene rings is 2. The predicted octanol–water partition coefficient (Wildman–Crippen LogP) is 5.39. The van der Waals surface area contributed by atoms with Crippen molar-refractivity contribution in [3.63, 3.8) is 0 Å². The zero-order valence-electron chi connectivity index (χ0n) is 17.7. The molecule has 35 heavy (non-hydrogen) atoms. The zero-order chi connectivity index (χ0) is 25.2. The van der Waals surface area contributed by atoms with Crippen LogP contribution >= 0.6 is 22.7 Å². The molecule has 2 aromatic heterocycles. The molecule has 180 valence electrons. The zero-order valence-corrected chi connectivity index (χ0v) is 19.3. The molecule has 2 heterocycles. The van der Waals surface area contributed by atoms with E-state index in [2.05, 4.69) is 15.3 Å². The van der Waals surface area contributed by atoms with Gasteiger partial charge in [-0.05, 0) is 29.8 Å². The number of rotatable bonds is 8. The van der Waals surface area contributed by atoms with Crippen molar-refractivity contribution in [3.05, 3.63) is 75.2 Å². The Balaban J connectivity index is 1.54. The number of ketones is 1. The van der Waals surface area contributed by atoms with Crippen LogP contribution in [0.1, 0.15) is 39.0 Å². The van der Waals surface area contributed by atoms with Gasteiger partial charge in [-0.1, -0.05) is 18.2 Å². The maximum Gasteiger partial charge on any atom is 0.416 e. The summed E-state index contributed by atoms with van der Waals surface area (Å²) in [4.78, 5) is 44.9. The van der Waals surface area contributed by atoms with Crippen molar-refractivity contribution in [1.29, 1.82) is 0 Å². The molecule has 0 radical (unpaired) electrons. The first kappa shape index (κ1) is 24.5. The van der Waals surface area contributed by atoms with E-state index in [1.165, 1.54) is 28.7 Å². The van der Waals surface area contributed by atoms with E-state index >= 15 is 0 Å². The van der Waals surface area contributed by atoms with Crippen LogP contribution in [0.4, 0.5) is 18.9 Å². The molecular weight excluding hydrogens is 503 g/mol. The lowest BCUT2D eigenvalue weighted by atomic mass is 9.93. The van der Waals surface area contributed by atoms with E-state index in [0.717, 1.165) is 18.2 Å². The number of halogens is 3. The number of thiazole rings is 2. The summed E-state index contributed by atoms with van der Waals surface area (Å²) in [6.07, 6.45) is -5.24. The third-order valence-electron chi connectivity index (χ3n) is 5.04. The Morgan fingerprint density at radius 3 is 2.60 bits per heavy atom. The highest BCUT2D eigenvalue weighted by Gasteiger charge is 2.32. The number of hydrogen-bond acceptors (Lipinski definition) is 7. The Morgan fingerprint density at radius 1 is 1.11 bits per heavy atom. The van der Waals surface area contributed by atoms with E-state index < -0.39 is 36.0 Å². The summed E-state index contributed by atoms with van der Waals surface area (Å²) in [5.74, 6) is -3.58. The number of fused-ring (bicyclic) bond motifs is 1. The molecule has 0 bridgehead atoms. The van der Waals surface area contributed by atoms with Crippen LogP contribution in [0, 0.1) is 0 Å². The number of carboxylic acid groups (broad SMARTS) is 1. The summed E-state index contributed by atoms with van der Waals surface area (Å²) < 4.78 is 40.0. The normalized spacial score (nSPS) is 12.4. The third-order valence-corrected chi connectivity index (χ3v) is 6.65. The van der Waals surface area contributed by atoms with Gasteiger partial charge in [-0.2, -0.15) is 13.2 Å². The molecule has 7 nitrogen and oxygen atoms in total. The monoisotopic (exact) mass is 519 g/mol. The van der Waals surface area contributed by atoms with E-state index in [1.54, 1.807) is 29.1 Å². The van der Waals surface area contributed by atoms with Crippen LogP contribution in [0.25, 0.3) is 10.2 Å². The number of carbonyl (C=O) groups excluding carboxylic acids is 2. The summed E-state index contributed by atoms with van der Waals surface area (Å²) in [6, 6.07) is 8.87. The van der Waals surface area contributed by atoms with Gasteiger partial charge in [-0.15, -0.1) is 22.7 Å². The van der Waals surface area contributed by atoms with Gasteiger partial charge >= 0.3 is 12.1 Å². The molecule has 0 spiro atoms. The highest BCUT2D eigenvalue weighted by Crippen LogP contribution is 2.33. The molecule has 0 aliphatic heterocycles. The lowest BCUT2D eigenvalue weighted by Crippen LogP contribution is -2.24. The van der Waals surface area contributed by atoms with E-state index in [1.807, 2.05) is 0 Å². The van der Waals surface area contributed by atoms with Crippen molar-refractivity contribution in [2.24, 2.45) is 0 Å². The maximum absolute atomic E-state index is 13.1. The van der Waals surface area contributed by atoms with Crippen molar-refractivity contribution in [3.8, 4) is 0 Å². The van der Waals surface area contributed by atoms with Crippen LogP contribution in [0.3, 0.4) is 0 Å². The summed E-state index contributed by atoms with van der Waals surface area (Å²) in [7, 11) is 0. The molecule has 1 unspecified atom stereocenters. The second-order valence-electron chi connectivity index (χ2n) is 7.53. The van der Waals surface area contributed by atoms with Gasteiger partial charge in [0, 0.05) is 11.1 Å². The van der Waals surface area contributed by atoms with Gasteiger partial charge < -0.3 is 10.4 Å². The highest BCUT2D eigenvalue weighted by atomic mass is 32.1. The largest absolute Gasteiger partial charge is 0.481 e. The average molecular weight is 520 g/mol. The molecule has 0 saturated carbocycles. The fraction of sp³-hybridized carbons (Fsp3) is 0.174. The van der Waals surface area contributed by atoms with E-state index in [9.17, 15) is 32.7 Å². The first-order valence-electron chi connectivity index (χ1n) is 10.1. The lowest BCUT2D eigenvalue weighted by molar-refractivity contribution is -0.139. The summed E-state index contributed by atoms with van der Waals surface area (Å²) in [5.41, 5.74) is 1.84. The minimum Gasteiger partial charge on any atom is -0.481 e. The SMILES string of the molecule is O=C(O)CC(C(=O)Nc1ccc2nc(CC(=O)c3cscn3)sc2c1)c1cccc(C(F)(F)F)c1. The fourth-order valence-corrected chi connectivity index (χ4v) is 4.96. The number of aliphatic carboxylic acids is 1. The Bertz CT molecular complexity index is 1400. The molecule has 4 rings (SSSR count). The van der Waals surface area contributed by atoms with Gasteiger partial charge in [-0.25, -0.2) is 9.97 Å². The molecule has 2 N–H and O–H groups in total. The van der Waals surface area contributed by atoms with Crippen LogP contribution in [-0.2, 0) is 22.2 Å². The Hall–Kier alpha value is -3.64. The fourth-order valence-electron chi connectivity index (χ4n) is 3.40. The number of alkyl halides is 3. The number of nitrogens with zero attached hydrogens (tertiary/aromatic N) is 2. The van der Waals surface area contributed by atoms with E-state index in [-0.39, 0.29) is 17.8 Å². The van der Waals surface area contributed by atoms with E-state index in [0.29, 0.717) is 26.6 Å². The quantitative estimate of drug-likeness (QED) is 0.302. The van der Waals surface area contributed by atoms with Gasteiger partial charge in [0.05, 0.1) is 40.1 Å². The number of amides is 1. The van der Waals surface area contributed by atoms with Crippen molar-refractivity contribution >= 4 is 56.2 Å². The molecule has 1 atom stereocenters. The number of nitrogens with one attached hydrogen (secondary N) is 1. The summed E-state index contributed by atoms with van der Waals surface area (Å²) in [5, 5.41) is 14.0. The lowest BCUT2D eigenvalue weighted by Gasteiger charge is -2.17. The van der Waals surface area contributed by atoms with Gasteiger partial charge in [0.1, 0.15) is 10.7 Å². The predicted molar refractivity (Wildman–Crippen MR) is 125 cm³/mol. The molecule has 1 amide bonds. The topological polar surface area (TPSA) is 109 Å². The number of anilines is 1. The standard InChI is InChI=1S/C23H16F3N3O4S2/c24-23(25,26)13-3-1-2-12(6-13)15(8-21(31)32)22(33)28-14-4-5-16-19(7-14)35-20(29-16)9-18(30)17-10-34-11-27-17/h1-7,10-11,15H,8-9H2,(H,28,33)(H,31,32). The van der Waals surface area contributed by atoms with Gasteiger partial charge in [0.2, 0.25) is 5.91 Å². The van der Waals surface area contributed by atoms with Crippen LogP contribution in [0.5, 0.6) is 0 Å². The van der Waals surface area contributed by atoms with Crippen molar-refractivity contribution in [2.45, 2.75) is 24.9 Å². The second kappa shape index (κ2) is 9.92. The maximum atomic E-state index is 13.1. The van der Waals surface area contributed by atoms with E-state index in [4.69, 9.17) is 0 Å². The number of carboxylic acids is 1. The summed E-state index contributed by atoms with van der Waals surface area (Å²) >= 11 is 2.57. The van der Waals surface area contributed by atoms with Gasteiger partial charge in [0.15, 0.2) is 5.78 Å². The average Bonchev–Trinajstić information content (AvgIpc) is 3.46. The third kappa shape index (κ3) is 5.89. The minimum absolute atomic E-state index is 0.0542. The Labute approximate surface area is 204 Å². The van der Waals surface area contributed by atoms with Crippen LogP contribution in [-0.4, -0.2) is 32.7 Å². The molecule has 4 aromatic rings. The van der Waals surface area contributed by atoms with Crippen molar-refractivity contribution < 1.29 is 32.7 Å². The van der Waals surface area contributed by atoms with Crippen LogP contribution in [0.2, 0.25) is 0 Å².